The van der Waals surface area contributed by atoms with Crippen molar-refractivity contribution < 1.29 is 8.42 Å². The SMILES string of the molecule is Cc1cc(-c2nnc3sc(C4CCS(=O)(=O)C4)nn23)n(C)n1. The van der Waals surface area contributed by atoms with Crippen LogP contribution in [0.4, 0.5) is 0 Å². The molecular weight excluding hydrogens is 324 g/mol. The smallest absolute Gasteiger partial charge is 0.235 e. The van der Waals surface area contributed by atoms with Gasteiger partial charge in [-0.25, -0.2) is 8.42 Å². The molecule has 0 saturated carbocycles. The number of hydrogen-bond acceptors (Lipinski definition) is 7. The molecule has 4 heterocycles. The van der Waals surface area contributed by atoms with Gasteiger partial charge in [0.2, 0.25) is 10.8 Å². The molecule has 1 atom stereocenters. The summed E-state index contributed by atoms with van der Waals surface area (Å²) in [7, 11) is -1.08. The first-order chi connectivity index (χ1) is 10.4. The molecule has 0 N–H and O–H groups in total. The first-order valence-electron chi connectivity index (χ1n) is 6.86. The van der Waals surface area contributed by atoms with E-state index in [1.807, 2.05) is 20.0 Å². The zero-order valence-corrected chi connectivity index (χ0v) is 13.7. The second-order valence-electron chi connectivity index (χ2n) is 5.55. The Kier molecular flexibility index (Phi) is 2.89. The van der Waals surface area contributed by atoms with Gasteiger partial charge in [0, 0.05) is 13.0 Å². The summed E-state index contributed by atoms with van der Waals surface area (Å²) in [4.78, 5) is 0.674. The fourth-order valence-corrected chi connectivity index (χ4v) is 5.59. The predicted molar refractivity (Wildman–Crippen MR) is 81.6 cm³/mol. The maximum absolute atomic E-state index is 11.6. The lowest BCUT2D eigenvalue weighted by Crippen LogP contribution is -2.04. The van der Waals surface area contributed by atoms with E-state index >= 15 is 0 Å². The Morgan fingerprint density at radius 1 is 1.32 bits per heavy atom. The van der Waals surface area contributed by atoms with Gasteiger partial charge in [-0.15, -0.1) is 10.2 Å². The van der Waals surface area contributed by atoms with E-state index in [2.05, 4.69) is 20.4 Å². The van der Waals surface area contributed by atoms with Crippen LogP contribution in [0.2, 0.25) is 0 Å². The van der Waals surface area contributed by atoms with Crippen LogP contribution in [0.25, 0.3) is 16.5 Å². The maximum Gasteiger partial charge on any atom is 0.235 e. The van der Waals surface area contributed by atoms with Crippen molar-refractivity contribution in [3.63, 3.8) is 0 Å². The van der Waals surface area contributed by atoms with Gasteiger partial charge in [0.15, 0.2) is 9.84 Å². The summed E-state index contributed by atoms with van der Waals surface area (Å²) in [6.07, 6.45) is 0.632. The Balaban J connectivity index is 1.78. The molecule has 3 aromatic heterocycles. The van der Waals surface area contributed by atoms with Gasteiger partial charge in [-0.3, -0.25) is 4.68 Å². The van der Waals surface area contributed by atoms with Crippen LogP contribution in [0.5, 0.6) is 0 Å². The van der Waals surface area contributed by atoms with E-state index in [9.17, 15) is 8.42 Å². The molecule has 116 valence electrons. The van der Waals surface area contributed by atoms with Gasteiger partial charge in [0.1, 0.15) is 10.7 Å². The quantitative estimate of drug-likeness (QED) is 0.686. The number of aromatic nitrogens is 6. The second kappa shape index (κ2) is 4.59. The van der Waals surface area contributed by atoms with E-state index < -0.39 is 9.84 Å². The average molecular weight is 338 g/mol. The minimum atomic E-state index is -2.92. The number of rotatable bonds is 2. The average Bonchev–Trinajstić information content (AvgIpc) is 3.13. The van der Waals surface area contributed by atoms with Crippen LogP contribution < -0.4 is 0 Å². The molecule has 8 nitrogen and oxygen atoms in total. The number of sulfone groups is 1. The van der Waals surface area contributed by atoms with Crippen molar-refractivity contribution in [1.82, 2.24) is 29.6 Å². The molecule has 0 spiro atoms. The predicted octanol–water partition coefficient (Wildman–Crippen LogP) is 0.797. The van der Waals surface area contributed by atoms with Crippen LogP contribution >= 0.6 is 11.3 Å². The van der Waals surface area contributed by atoms with Crippen molar-refractivity contribution in [1.29, 1.82) is 0 Å². The van der Waals surface area contributed by atoms with Gasteiger partial charge in [-0.1, -0.05) is 11.3 Å². The molecule has 0 radical (unpaired) electrons. The topological polar surface area (TPSA) is 95.0 Å². The lowest BCUT2D eigenvalue weighted by molar-refractivity contribution is 0.601. The maximum atomic E-state index is 11.6. The van der Waals surface area contributed by atoms with Crippen LogP contribution in [-0.2, 0) is 16.9 Å². The Morgan fingerprint density at radius 3 is 2.77 bits per heavy atom. The fourth-order valence-electron chi connectivity index (χ4n) is 2.77. The van der Waals surface area contributed by atoms with Gasteiger partial charge in [0.05, 0.1) is 17.2 Å². The molecule has 1 fully saturated rings. The van der Waals surface area contributed by atoms with E-state index in [0.717, 1.165) is 16.4 Å². The van der Waals surface area contributed by atoms with E-state index in [-0.39, 0.29) is 17.4 Å². The van der Waals surface area contributed by atoms with Crippen molar-refractivity contribution >= 4 is 26.1 Å². The minimum Gasteiger partial charge on any atom is -0.264 e. The molecule has 22 heavy (non-hydrogen) atoms. The largest absolute Gasteiger partial charge is 0.264 e. The Hall–Kier alpha value is -1.81. The molecule has 0 bridgehead atoms. The van der Waals surface area contributed by atoms with E-state index in [4.69, 9.17) is 0 Å². The van der Waals surface area contributed by atoms with Crippen molar-refractivity contribution in [2.45, 2.75) is 19.3 Å². The molecule has 10 heteroatoms. The van der Waals surface area contributed by atoms with Crippen LogP contribution in [-0.4, -0.2) is 49.5 Å². The summed E-state index contributed by atoms with van der Waals surface area (Å²) in [6, 6.07) is 1.93. The Morgan fingerprint density at radius 2 is 2.14 bits per heavy atom. The molecule has 1 aliphatic heterocycles. The molecule has 4 rings (SSSR count). The highest BCUT2D eigenvalue weighted by Gasteiger charge is 2.32. The van der Waals surface area contributed by atoms with Crippen molar-refractivity contribution in [2.24, 2.45) is 7.05 Å². The third-order valence-corrected chi connectivity index (χ3v) is 6.65. The summed E-state index contributed by atoms with van der Waals surface area (Å²) >= 11 is 1.41. The van der Waals surface area contributed by atoms with Crippen molar-refractivity contribution in [3.8, 4) is 11.5 Å². The zero-order valence-electron chi connectivity index (χ0n) is 12.1. The number of fused-ring (bicyclic) bond motifs is 1. The Labute approximate surface area is 130 Å². The summed E-state index contributed by atoms with van der Waals surface area (Å²) in [5, 5.41) is 18.0. The van der Waals surface area contributed by atoms with Gasteiger partial charge in [-0.2, -0.15) is 14.7 Å². The molecule has 1 aliphatic rings. The highest BCUT2D eigenvalue weighted by Crippen LogP contribution is 2.32. The lowest BCUT2D eigenvalue weighted by atomic mass is 10.1. The monoisotopic (exact) mass is 338 g/mol. The number of aryl methyl sites for hydroxylation is 2. The molecule has 0 amide bonds. The standard InChI is InChI=1S/C12H14N6O2S2/c1-7-5-9(17(2)15-7)10-13-14-12-18(10)16-11(21-12)8-3-4-22(19,20)6-8/h5,8H,3-4,6H2,1-2H3. The van der Waals surface area contributed by atoms with E-state index in [1.54, 1.807) is 9.20 Å². The van der Waals surface area contributed by atoms with Crippen molar-refractivity contribution in [2.75, 3.05) is 11.5 Å². The van der Waals surface area contributed by atoms with Gasteiger partial charge < -0.3 is 0 Å². The summed E-state index contributed by atoms with van der Waals surface area (Å²) in [5.74, 6) is 1.02. The molecular formula is C12H14N6O2S2. The number of hydrogen-bond donors (Lipinski definition) is 0. The third-order valence-electron chi connectivity index (χ3n) is 3.82. The second-order valence-corrected chi connectivity index (χ2v) is 8.77. The minimum absolute atomic E-state index is 0.0298. The normalized spacial score (nSPS) is 20.9. The zero-order chi connectivity index (χ0) is 15.5. The van der Waals surface area contributed by atoms with Crippen LogP contribution in [0.3, 0.4) is 0 Å². The summed E-state index contributed by atoms with van der Waals surface area (Å²) in [6.45, 7) is 1.91. The fraction of sp³-hybridized carbons (Fsp3) is 0.500. The summed E-state index contributed by atoms with van der Waals surface area (Å²) in [5.41, 5.74) is 1.73. The van der Waals surface area contributed by atoms with Crippen LogP contribution in [0, 0.1) is 6.92 Å². The molecule has 3 aromatic rings. The molecule has 1 unspecified atom stereocenters. The first-order valence-corrected chi connectivity index (χ1v) is 9.50. The molecule has 0 aliphatic carbocycles. The molecule has 1 saturated heterocycles. The van der Waals surface area contributed by atoms with E-state index in [0.29, 0.717) is 17.2 Å². The Bertz CT molecular complexity index is 967. The number of nitrogens with zero attached hydrogens (tertiary/aromatic N) is 6. The lowest BCUT2D eigenvalue weighted by Gasteiger charge is -2.00. The molecule has 0 aromatic carbocycles. The van der Waals surface area contributed by atoms with Crippen LogP contribution in [0.15, 0.2) is 6.07 Å². The van der Waals surface area contributed by atoms with Gasteiger partial charge >= 0.3 is 0 Å². The summed E-state index contributed by atoms with van der Waals surface area (Å²) < 4.78 is 26.7. The van der Waals surface area contributed by atoms with Gasteiger partial charge in [-0.05, 0) is 19.4 Å². The van der Waals surface area contributed by atoms with Crippen LogP contribution in [0.1, 0.15) is 23.0 Å². The van der Waals surface area contributed by atoms with Gasteiger partial charge in [0.25, 0.3) is 0 Å². The highest BCUT2D eigenvalue weighted by atomic mass is 32.2. The highest BCUT2D eigenvalue weighted by molar-refractivity contribution is 7.91. The first kappa shape index (κ1) is 13.8. The van der Waals surface area contributed by atoms with Crippen molar-refractivity contribution in [3.05, 3.63) is 16.8 Å². The third kappa shape index (κ3) is 2.13. The van der Waals surface area contributed by atoms with E-state index in [1.165, 1.54) is 11.3 Å².